The quantitative estimate of drug-likeness (QED) is 0.186. The van der Waals surface area contributed by atoms with Gasteiger partial charge < -0.3 is 0 Å². The van der Waals surface area contributed by atoms with Crippen LogP contribution in [0.1, 0.15) is 34.6 Å². The fraction of sp³-hybridized carbons (Fsp3) is 0.278. The van der Waals surface area contributed by atoms with E-state index >= 15 is 0 Å². The first-order valence-corrected chi connectivity index (χ1v) is 19.1. The SMILES string of the molecule is CC(=O)[O][Hg+].CC(=O)[O][Hg+].CC(=O)[O][Hg+].CC(=O)[O][Hg+].CC(=O)[O][Hg+].[C-]#[O+].[C-]#[O+].[C-]#[O+].[C]1=[C][C-][C]=[C]1.[Mn]. The van der Waals surface area contributed by atoms with Crippen LogP contribution in [0.5, 0.6) is 0 Å². The number of allylic oxidation sites excluding steroid dienone is 4. The minimum atomic E-state index is -0.159. The first kappa shape index (κ1) is 61.9. The van der Waals surface area contributed by atoms with Crippen LogP contribution in [0.4, 0.5) is 0 Å². The van der Waals surface area contributed by atoms with Gasteiger partial charge in [-0.1, -0.05) is 0 Å². The molecule has 0 amide bonds. The van der Waals surface area contributed by atoms with Crippen LogP contribution < -0.4 is 0 Å². The van der Waals surface area contributed by atoms with Gasteiger partial charge in [0.05, 0.1) is 0 Å². The van der Waals surface area contributed by atoms with Gasteiger partial charge in [-0.15, -0.1) is 0 Å². The molecule has 1 aliphatic carbocycles. The fourth-order valence-corrected chi connectivity index (χ4v) is 0.156. The zero-order valence-corrected chi connectivity index (χ0v) is 49.4. The molecule has 0 aromatic carbocycles. The summed E-state index contributed by atoms with van der Waals surface area (Å²) in [6.45, 7) is 20.5. The van der Waals surface area contributed by atoms with Crippen molar-refractivity contribution in [1.82, 2.24) is 0 Å². The summed E-state index contributed by atoms with van der Waals surface area (Å²) in [5, 5.41) is 0. The molecular weight excluding hydrogens is 1480 g/mol. The summed E-state index contributed by atoms with van der Waals surface area (Å²) in [5.41, 5.74) is 0. The van der Waals surface area contributed by atoms with Crippen molar-refractivity contribution >= 4 is 29.8 Å². The first-order chi connectivity index (χ1) is 16.9. The van der Waals surface area contributed by atoms with Crippen LogP contribution in [0.25, 0.3) is 0 Å². The molecule has 6 radical (unpaired) electrons. The Balaban J connectivity index is -0.0000000347. The molecule has 0 atom stereocenters. The molecule has 0 bridgehead atoms. The Bertz CT molecular complexity index is 546. The molecular formula is C18H15Hg5MnO13+4. The largest absolute Gasteiger partial charge is 0.238 e. The molecule has 1 rings (SSSR count). The van der Waals surface area contributed by atoms with Crippen LogP contribution in [-0.4, -0.2) is 29.8 Å². The average molecular weight is 1500 g/mol. The van der Waals surface area contributed by atoms with E-state index in [0.717, 1.165) is 0 Å². The second-order valence-corrected chi connectivity index (χ2v) is 9.42. The Labute approximate surface area is 311 Å². The molecule has 1 aliphatic rings. The standard InChI is InChI=1S/C5.5C2H4O2.3CO.5Hg.Mn/c1-2-4-5-3-1;5*1-2(3)4;3*1-2;;;;;;/h;5*1H3,(H,3,4);;;;;;;;;/q-1;;;;;;;;;5*+2;/p-5. The van der Waals surface area contributed by atoms with Crippen LogP contribution in [0.15, 0.2) is 0 Å². The van der Waals surface area contributed by atoms with E-state index in [4.69, 9.17) is 14.0 Å². The third-order valence-electron chi connectivity index (χ3n) is 1.33. The minimum Gasteiger partial charge on any atom is -0.238 e. The topological polar surface area (TPSA) is 191 Å². The molecule has 0 spiro atoms. The predicted molar refractivity (Wildman–Crippen MR) is 86.8 cm³/mol. The number of hydrogen-bond donors (Lipinski definition) is 0. The first-order valence-electron chi connectivity index (χ1n) is 7.85. The second-order valence-electron chi connectivity index (χ2n) is 3.80. The van der Waals surface area contributed by atoms with Crippen molar-refractivity contribution in [3.63, 3.8) is 0 Å². The van der Waals surface area contributed by atoms with Crippen LogP contribution in [-0.2, 0) is 201 Å². The maximum Gasteiger partial charge on any atom is 0 e. The molecule has 0 aromatic rings. The zero-order valence-electron chi connectivity index (χ0n) is 20.7. The molecule has 37 heavy (non-hydrogen) atoms. The minimum absolute atomic E-state index is 0. The Morgan fingerprint density at radius 3 is 0.649 bits per heavy atom. The van der Waals surface area contributed by atoms with E-state index in [2.05, 4.69) is 63.9 Å². The molecule has 0 aliphatic heterocycles. The van der Waals surface area contributed by atoms with Crippen molar-refractivity contribution in [2.75, 3.05) is 0 Å². The van der Waals surface area contributed by atoms with E-state index in [0.29, 0.717) is 0 Å². The molecule has 19 heteroatoms. The smallest absolute Gasteiger partial charge is 0 e. The van der Waals surface area contributed by atoms with E-state index in [1.165, 1.54) is 34.6 Å². The van der Waals surface area contributed by atoms with Gasteiger partial charge in [-0.2, -0.15) is 18.6 Å². The van der Waals surface area contributed by atoms with Gasteiger partial charge in [-0.3, -0.25) is 0 Å². The molecule has 0 saturated heterocycles. The van der Waals surface area contributed by atoms with Crippen molar-refractivity contribution < 1.29 is 201 Å². The summed E-state index contributed by atoms with van der Waals surface area (Å²) in [5.74, 6) is -0.795. The average Bonchev–Trinajstić information content (AvgIpc) is 3.49. The summed E-state index contributed by atoms with van der Waals surface area (Å²) in [6.07, 6.45) is 12.5. The Morgan fingerprint density at radius 1 is 0.514 bits per heavy atom. The van der Waals surface area contributed by atoms with Gasteiger partial charge >= 0.3 is 268 Å². The molecule has 178 valence electrons. The van der Waals surface area contributed by atoms with Crippen molar-refractivity contribution in [2.24, 2.45) is 0 Å². The molecule has 0 saturated carbocycles. The summed E-state index contributed by atoms with van der Waals surface area (Å²) in [7, 11) is 0. The predicted octanol–water partition coefficient (Wildman–Crippen LogP) is 0.348. The molecule has 0 heterocycles. The van der Waals surface area contributed by atoms with Crippen molar-refractivity contribution in [3.8, 4) is 0 Å². The van der Waals surface area contributed by atoms with Crippen LogP contribution in [0, 0.1) is 50.7 Å². The number of carbonyl (C=O) groups is 5. The van der Waals surface area contributed by atoms with Crippen molar-refractivity contribution in [1.29, 1.82) is 0 Å². The Hall–Kier alpha value is 1.11. The van der Waals surface area contributed by atoms with Gasteiger partial charge in [0.1, 0.15) is 0 Å². The van der Waals surface area contributed by atoms with E-state index < -0.39 is 0 Å². The maximum atomic E-state index is 9.64. The fourth-order valence-electron chi connectivity index (χ4n) is 0.156. The second kappa shape index (κ2) is 71.0. The van der Waals surface area contributed by atoms with E-state index in [1.54, 1.807) is 0 Å². The normalized spacial score (nSPS) is 7.05. The van der Waals surface area contributed by atoms with Gasteiger partial charge in [-0.05, 0) is 0 Å². The molecule has 13 nitrogen and oxygen atoms in total. The molecule has 0 unspecified atom stereocenters. The molecule has 0 aromatic heterocycles. The molecule has 0 fully saturated rings. The van der Waals surface area contributed by atoms with Gasteiger partial charge in [0, 0.05) is 17.1 Å². The van der Waals surface area contributed by atoms with Crippen molar-refractivity contribution in [3.05, 3.63) is 50.7 Å². The molecule has 0 N–H and O–H groups in total. The van der Waals surface area contributed by atoms with Crippen LogP contribution >= 0.6 is 0 Å². The van der Waals surface area contributed by atoms with E-state index in [9.17, 15) is 24.0 Å². The number of hydrogen-bond acceptors (Lipinski definition) is 10. The monoisotopic (exact) mass is 1500 g/mol. The van der Waals surface area contributed by atoms with Gasteiger partial charge in [0.25, 0.3) is 0 Å². The van der Waals surface area contributed by atoms with Crippen molar-refractivity contribution in [2.45, 2.75) is 34.6 Å². The van der Waals surface area contributed by atoms with Crippen LogP contribution in [0.2, 0.25) is 0 Å². The van der Waals surface area contributed by atoms with E-state index in [1.807, 2.05) is 0 Å². The third kappa shape index (κ3) is 176. The Morgan fingerprint density at radius 2 is 0.622 bits per heavy atom. The maximum absolute atomic E-state index is 9.64. The van der Waals surface area contributed by atoms with E-state index in [-0.39, 0.29) is 180 Å². The zero-order chi connectivity index (χ0) is 31.0. The summed E-state index contributed by atoms with van der Waals surface area (Å²) in [6, 6.07) is 0. The number of carbonyl (C=O) groups excluding carboxylic acids is 5. The van der Waals surface area contributed by atoms with Gasteiger partial charge in [0.15, 0.2) is 0 Å². The van der Waals surface area contributed by atoms with Gasteiger partial charge in [-0.25, -0.2) is 12.2 Å². The third-order valence-corrected chi connectivity index (χ3v) is 9.23. The number of rotatable bonds is 0. The summed E-state index contributed by atoms with van der Waals surface area (Å²) in [4.78, 5) is 48.2. The summed E-state index contributed by atoms with van der Waals surface area (Å²) >= 11 is 0.968. The summed E-state index contributed by atoms with van der Waals surface area (Å²) < 4.78 is 44.0. The van der Waals surface area contributed by atoms with Gasteiger partial charge in [0.2, 0.25) is 0 Å². The van der Waals surface area contributed by atoms with Crippen LogP contribution in [0.3, 0.4) is 0 Å². The Kier molecular flexibility index (Phi) is 119.